The van der Waals surface area contributed by atoms with Gasteiger partial charge in [0.15, 0.2) is 0 Å². The predicted octanol–water partition coefficient (Wildman–Crippen LogP) is 7.06. The van der Waals surface area contributed by atoms with Crippen LogP contribution in [0.2, 0.25) is 5.02 Å². The molecule has 0 fully saturated rings. The maximum atomic E-state index is 6.43. The summed E-state index contributed by atoms with van der Waals surface area (Å²) in [6.45, 7) is 2.47. The minimum atomic E-state index is -0.365. The molecule has 2 atom stereocenters. The molecule has 0 N–H and O–H groups in total. The molecular weight excluding hydrogens is 448 g/mol. The number of hydrogen-bond donors (Lipinski definition) is 0. The molecule has 3 heterocycles. The van der Waals surface area contributed by atoms with E-state index in [2.05, 4.69) is 12.1 Å². The summed E-state index contributed by atoms with van der Waals surface area (Å²) in [6, 6.07) is 27.9. The van der Waals surface area contributed by atoms with Crippen molar-refractivity contribution in [2.45, 2.75) is 32.2 Å². The third-order valence-corrected chi connectivity index (χ3v) is 6.43. The number of halogens is 1. The molecule has 5 nitrogen and oxygen atoms in total. The molecule has 0 amide bonds. The molecule has 4 aromatic rings. The second kappa shape index (κ2) is 8.58. The Morgan fingerprint density at radius 2 is 1.82 bits per heavy atom. The predicted molar refractivity (Wildman–Crippen MR) is 131 cm³/mol. The summed E-state index contributed by atoms with van der Waals surface area (Å²) in [7, 11) is 0. The number of benzene rings is 3. The van der Waals surface area contributed by atoms with Crippen LogP contribution in [-0.4, -0.2) is 10.7 Å². The molecule has 6 rings (SSSR count). The molecule has 0 saturated heterocycles. The number of rotatable bonds is 5. The van der Waals surface area contributed by atoms with E-state index in [4.69, 9.17) is 30.6 Å². The fourth-order valence-corrected chi connectivity index (χ4v) is 4.67. The van der Waals surface area contributed by atoms with Crippen LogP contribution in [0.25, 0.3) is 0 Å². The highest BCUT2D eigenvalue weighted by molar-refractivity contribution is 6.30. The second-order valence-corrected chi connectivity index (χ2v) is 8.99. The van der Waals surface area contributed by atoms with E-state index in [1.165, 1.54) is 0 Å². The van der Waals surface area contributed by atoms with Crippen molar-refractivity contribution in [3.63, 3.8) is 0 Å². The van der Waals surface area contributed by atoms with Gasteiger partial charge in [0.25, 0.3) is 0 Å². The summed E-state index contributed by atoms with van der Waals surface area (Å²) in [5.74, 6) is 3.29. The van der Waals surface area contributed by atoms with Crippen molar-refractivity contribution in [2.75, 3.05) is 0 Å². The zero-order valence-electron chi connectivity index (χ0n) is 18.6. The topological polar surface area (TPSA) is 47.2 Å². The Morgan fingerprint density at radius 1 is 1.00 bits per heavy atom. The van der Waals surface area contributed by atoms with Gasteiger partial charge in [0.2, 0.25) is 6.23 Å². The monoisotopic (exact) mass is 470 g/mol. The normalized spacial score (nSPS) is 18.6. The van der Waals surface area contributed by atoms with E-state index in [1.54, 1.807) is 0 Å². The molecule has 34 heavy (non-hydrogen) atoms. The quantitative estimate of drug-likeness (QED) is 0.313. The van der Waals surface area contributed by atoms with Crippen molar-refractivity contribution in [2.24, 2.45) is 5.10 Å². The Kier molecular flexibility index (Phi) is 5.27. The Hall–Kier alpha value is -3.70. The average Bonchev–Trinajstić information content (AvgIpc) is 3.50. The maximum Gasteiger partial charge on any atom is 0.213 e. The van der Waals surface area contributed by atoms with Crippen LogP contribution in [0.1, 0.15) is 46.9 Å². The van der Waals surface area contributed by atoms with E-state index >= 15 is 0 Å². The Morgan fingerprint density at radius 3 is 2.59 bits per heavy atom. The van der Waals surface area contributed by atoms with Gasteiger partial charge in [0.1, 0.15) is 35.3 Å². The van der Waals surface area contributed by atoms with Gasteiger partial charge in [-0.05, 0) is 67.1 Å². The molecule has 0 aliphatic carbocycles. The molecule has 6 heteroatoms. The minimum Gasteiger partial charge on any atom is -0.489 e. The van der Waals surface area contributed by atoms with Gasteiger partial charge >= 0.3 is 0 Å². The first-order chi connectivity index (χ1) is 16.6. The van der Waals surface area contributed by atoms with Crippen LogP contribution in [-0.2, 0) is 6.61 Å². The number of furan rings is 1. The number of fused-ring (bicyclic) bond motifs is 3. The number of aryl methyl sites for hydroxylation is 1. The summed E-state index contributed by atoms with van der Waals surface area (Å²) in [5.41, 5.74) is 4.07. The molecule has 0 spiro atoms. The van der Waals surface area contributed by atoms with Gasteiger partial charge < -0.3 is 13.9 Å². The van der Waals surface area contributed by atoms with Crippen LogP contribution in [0.3, 0.4) is 0 Å². The van der Waals surface area contributed by atoms with E-state index in [0.717, 1.165) is 51.8 Å². The van der Waals surface area contributed by atoms with Gasteiger partial charge in [-0.15, -0.1) is 0 Å². The molecule has 2 aliphatic rings. The molecule has 1 aromatic heterocycles. The van der Waals surface area contributed by atoms with E-state index in [-0.39, 0.29) is 12.3 Å². The van der Waals surface area contributed by atoms with Gasteiger partial charge in [-0.2, -0.15) is 5.10 Å². The molecule has 0 saturated carbocycles. The maximum absolute atomic E-state index is 6.43. The van der Waals surface area contributed by atoms with Crippen LogP contribution in [0.15, 0.2) is 94.4 Å². The minimum absolute atomic E-state index is 0.0156. The largest absolute Gasteiger partial charge is 0.489 e. The summed E-state index contributed by atoms with van der Waals surface area (Å²) in [4.78, 5) is 0. The second-order valence-electron chi connectivity index (χ2n) is 8.55. The van der Waals surface area contributed by atoms with Crippen molar-refractivity contribution < 1.29 is 13.9 Å². The highest BCUT2D eigenvalue weighted by Crippen LogP contribution is 2.48. The van der Waals surface area contributed by atoms with Crippen LogP contribution in [0.4, 0.5) is 0 Å². The fraction of sp³-hybridized carbons (Fsp3) is 0.179. The Balaban J connectivity index is 1.29. The highest BCUT2D eigenvalue weighted by Gasteiger charge is 2.41. The fourth-order valence-electron chi connectivity index (χ4n) is 4.49. The summed E-state index contributed by atoms with van der Waals surface area (Å²) < 4.78 is 18.3. The van der Waals surface area contributed by atoms with E-state index < -0.39 is 0 Å². The third-order valence-electron chi connectivity index (χ3n) is 6.19. The molecule has 0 bridgehead atoms. The average molecular weight is 471 g/mol. The zero-order chi connectivity index (χ0) is 23.1. The van der Waals surface area contributed by atoms with Crippen LogP contribution in [0.5, 0.6) is 11.5 Å². The number of hydrogen-bond acceptors (Lipinski definition) is 5. The van der Waals surface area contributed by atoms with E-state index in [1.807, 2.05) is 84.7 Å². The van der Waals surface area contributed by atoms with E-state index in [9.17, 15) is 0 Å². The van der Waals surface area contributed by atoms with Crippen LogP contribution in [0, 0.1) is 6.92 Å². The molecule has 0 radical (unpaired) electrons. The number of hydrazone groups is 1. The summed E-state index contributed by atoms with van der Waals surface area (Å²) in [6.07, 6.45) is 0.355. The van der Waals surface area contributed by atoms with Gasteiger partial charge in [0.05, 0.1) is 6.04 Å². The van der Waals surface area contributed by atoms with Crippen molar-refractivity contribution in [3.05, 3.63) is 118 Å². The standard InChI is InChI=1S/C28H23ClN2O3/c1-18-7-13-27(33-18)24-16-25-23-15-21(29)10-14-26(23)34-28(31(25)30-24)20-8-11-22(12-9-20)32-17-19-5-3-2-4-6-19/h2-15,25,28H,16-17H2,1H3/t25-,28-/m1/s1. The van der Waals surface area contributed by atoms with Gasteiger partial charge in [-0.3, -0.25) is 0 Å². The SMILES string of the molecule is Cc1ccc(C2=NN3[C@H](C2)c2cc(Cl)ccc2O[C@@H]3c2ccc(OCc3ccccc3)cc2)o1. The van der Waals surface area contributed by atoms with Crippen molar-refractivity contribution in [3.8, 4) is 11.5 Å². The first kappa shape index (κ1) is 20.9. The van der Waals surface area contributed by atoms with Crippen molar-refractivity contribution in [1.82, 2.24) is 5.01 Å². The molecule has 0 unspecified atom stereocenters. The zero-order valence-corrected chi connectivity index (χ0v) is 19.4. The summed E-state index contributed by atoms with van der Waals surface area (Å²) >= 11 is 6.32. The Bertz CT molecular complexity index is 1350. The highest BCUT2D eigenvalue weighted by atomic mass is 35.5. The summed E-state index contributed by atoms with van der Waals surface area (Å²) in [5, 5.41) is 7.64. The lowest BCUT2D eigenvalue weighted by Crippen LogP contribution is -2.33. The van der Waals surface area contributed by atoms with Gasteiger partial charge in [-0.25, -0.2) is 5.01 Å². The lowest BCUT2D eigenvalue weighted by Gasteiger charge is -2.38. The molecule has 3 aromatic carbocycles. The van der Waals surface area contributed by atoms with Crippen molar-refractivity contribution in [1.29, 1.82) is 0 Å². The van der Waals surface area contributed by atoms with Crippen LogP contribution < -0.4 is 9.47 Å². The number of nitrogens with zero attached hydrogens (tertiary/aromatic N) is 2. The Labute approximate surface area is 203 Å². The first-order valence-corrected chi connectivity index (χ1v) is 11.7. The third kappa shape index (κ3) is 3.93. The van der Waals surface area contributed by atoms with Gasteiger partial charge in [-0.1, -0.05) is 41.9 Å². The van der Waals surface area contributed by atoms with E-state index in [0.29, 0.717) is 11.6 Å². The van der Waals surface area contributed by atoms with Crippen molar-refractivity contribution >= 4 is 17.3 Å². The lowest BCUT2D eigenvalue weighted by atomic mass is 9.97. The smallest absolute Gasteiger partial charge is 0.213 e. The first-order valence-electron chi connectivity index (χ1n) is 11.3. The van der Waals surface area contributed by atoms with Crippen LogP contribution >= 0.6 is 11.6 Å². The molecule has 170 valence electrons. The van der Waals surface area contributed by atoms with Gasteiger partial charge in [0, 0.05) is 22.6 Å². The molecular formula is C28H23ClN2O3. The molecule has 2 aliphatic heterocycles. The number of ether oxygens (including phenoxy) is 2. The lowest BCUT2D eigenvalue weighted by molar-refractivity contribution is -0.0190.